The average Bonchev–Trinajstić information content (AvgIpc) is 3.16. The highest BCUT2D eigenvalue weighted by molar-refractivity contribution is 7.99. The molecule has 1 N–H and O–H groups in total. The van der Waals surface area contributed by atoms with E-state index in [0.29, 0.717) is 12.5 Å². The number of hydrogen-bond acceptors (Lipinski definition) is 8. The van der Waals surface area contributed by atoms with Gasteiger partial charge in [-0.25, -0.2) is 0 Å². The summed E-state index contributed by atoms with van der Waals surface area (Å²) in [4.78, 5) is 22.5. The minimum absolute atomic E-state index is 0.0308. The van der Waals surface area contributed by atoms with Gasteiger partial charge in [-0.1, -0.05) is 23.9 Å². The van der Waals surface area contributed by atoms with E-state index in [9.17, 15) is 14.9 Å². The zero-order chi connectivity index (χ0) is 19.9. The van der Waals surface area contributed by atoms with Crippen molar-refractivity contribution in [3.05, 3.63) is 58.6 Å². The van der Waals surface area contributed by atoms with Gasteiger partial charge in [-0.05, 0) is 37.3 Å². The molecule has 0 aliphatic carbocycles. The van der Waals surface area contributed by atoms with Crippen LogP contribution >= 0.6 is 11.8 Å². The van der Waals surface area contributed by atoms with E-state index in [1.807, 2.05) is 6.92 Å². The molecule has 10 heteroatoms. The fourth-order valence-electron chi connectivity index (χ4n) is 2.30. The molecule has 0 aliphatic heterocycles. The first kappa shape index (κ1) is 19.4. The predicted octanol–water partition coefficient (Wildman–Crippen LogP) is 3.77. The third-order valence-electron chi connectivity index (χ3n) is 3.52. The third-order valence-corrected chi connectivity index (χ3v) is 4.34. The SMILES string of the molecule is CCOc1ccc(-c2nnc(SCC(=O)Nc3ccccc3[N+](=O)[O-])o2)cc1. The second-order valence-electron chi connectivity index (χ2n) is 5.44. The van der Waals surface area contributed by atoms with Crippen LogP contribution in [-0.4, -0.2) is 33.4 Å². The van der Waals surface area contributed by atoms with Gasteiger partial charge in [-0.3, -0.25) is 14.9 Å². The van der Waals surface area contributed by atoms with E-state index in [4.69, 9.17) is 9.15 Å². The predicted molar refractivity (Wildman–Crippen MR) is 103 cm³/mol. The smallest absolute Gasteiger partial charge is 0.292 e. The second-order valence-corrected chi connectivity index (χ2v) is 6.37. The lowest BCUT2D eigenvalue weighted by Gasteiger charge is -2.04. The molecule has 1 amide bonds. The minimum atomic E-state index is -0.552. The molecule has 144 valence electrons. The lowest BCUT2D eigenvalue weighted by molar-refractivity contribution is -0.383. The van der Waals surface area contributed by atoms with Crippen LogP contribution in [0.3, 0.4) is 0 Å². The zero-order valence-electron chi connectivity index (χ0n) is 14.8. The Kier molecular flexibility index (Phi) is 6.22. The molecule has 0 spiro atoms. The standard InChI is InChI=1S/C18H16N4O5S/c1-2-26-13-9-7-12(8-10-13)17-20-21-18(27-17)28-11-16(23)19-14-5-3-4-6-15(14)22(24)25/h3-10H,2,11H2,1H3,(H,19,23). The Labute approximate surface area is 164 Å². The highest BCUT2D eigenvalue weighted by atomic mass is 32.2. The number of ether oxygens (including phenoxy) is 1. The molecule has 0 saturated carbocycles. The van der Waals surface area contributed by atoms with Crippen molar-refractivity contribution in [2.75, 3.05) is 17.7 Å². The first-order valence-corrected chi connectivity index (χ1v) is 9.28. The molecule has 28 heavy (non-hydrogen) atoms. The summed E-state index contributed by atoms with van der Waals surface area (Å²) in [6.45, 7) is 2.48. The first-order chi connectivity index (χ1) is 13.6. The lowest BCUT2D eigenvalue weighted by Crippen LogP contribution is -2.15. The summed E-state index contributed by atoms with van der Waals surface area (Å²) in [7, 11) is 0. The fourth-order valence-corrected chi connectivity index (χ4v) is 2.86. The highest BCUT2D eigenvalue weighted by Crippen LogP contribution is 2.26. The number of nitro benzene ring substituents is 1. The van der Waals surface area contributed by atoms with Crippen molar-refractivity contribution in [3.8, 4) is 17.2 Å². The molecule has 1 aromatic heterocycles. The van der Waals surface area contributed by atoms with Gasteiger partial charge in [-0.2, -0.15) is 0 Å². The van der Waals surface area contributed by atoms with Crippen molar-refractivity contribution in [2.45, 2.75) is 12.1 Å². The number of amides is 1. The average molecular weight is 400 g/mol. The molecule has 0 unspecified atom stereocenters. The van der Waals surface area contributed by atoms with E-state index in [2.05, 4.69) is 15.5 Å². The zero-order valence-corrected chi connectivity index (χ0v) is 15.6. The van der Waals surface area contributed by atoms with Gasteiger partial charge in [-0.15, -0.1) is 10.2 Å². The quantitative estimate of drug-likeness (QED) is 0.345. The molecule has 0 atom stereocenters. The minimum Gasteiger partial charge on any atom is -0.494 e. The van der Waals surface area contributed by atoms with Crippen molar-refractivity contribution in [1.82, 2.24) is 10.2 Å². The van der Waals surface area contributed by atoms with Gasteiger partial charge in [0.25, 0.3) is 10.9 Å². The fraction of sp³-hybridized carbons (Fsp3) is 0.167. The molecule has 1 heterocycles. The van der Waals surface area contributed by atoms with E-state index in [1.54, 1.807) is 30.3 Å². The van der Waals surface area contributed by atoms with Crippen molar-refractivity contribution in [1.29, 1.82) is 0 Å². The van der Waals surface area contributed by atoms with Gasteiger partial charge < -0.3 is 14.5 Å². The molecular formula is C18H16N4O5S. The number of anilines is 1. The number of thioether (sulfide) groups is 1. The maximum absolute atomic E-state index is 12.1. The van der Waals surface area contributed by atoms with E-state index < -0.39 is 10.8 Å². The van der Waals surface area contributed by atoms with Crippen LogP contribution in [0.15, 0.2) is 58.2 Å². The topological polar surface area (TPSA) is 120 Å². The Bertz CT molecular complexity index is 974. The van der Waals surface area contributed by atoms with Crippen LogP contribution in [0.2, 0.25) is 0 Å². The summed E-state index contributed by atoms with van der Waals surface area (Å²) in [5.41, 5.74) is 0.697. The third kappa shape index (κ3) is 4.86. The van der Waals surface area contributed by atoms with Gasteiger partial charge in [0.1, 0.15) is 11.4 Å². The molecule has 0 fully saturated rings. The number of nitrogens with one attached hydrogen (secondary N) is 1. The number of rotatable bonds is 8. The summed E-state index contributed by atoms with van der Waals surface area (Å²) in [6.07, 6.45) is 0. The summed E-state index contributed by atoms with van der Waals surface area (Å²) < 4.78 is 10.9. The van der Waals surface area contributed by atoms with E-state index in [1.165, 1.54) is 18.2 Å². The van der Waals surface area contributed by atoms with Crippen LogP contribution in [-0.2, 0) is 4.79 Å². The molecular weight excluding hydrogens is 384 g/mol. The van der Waals surface area contributed by atoms with Crippen LogP contribution in [0.5, 0.6) is 5.75 Å². The number of benzene rings is 2. The van der Waals surface area contributed by atoms with Gasteiger partial charge in [0, 0.05) is 11.6 Å². The summed E-state index contributed by atoms with van der Waals surface area (Å²) >= 11 is 1.04. The number of carbonyl (C=O) groups excluding carboxylic acids is 1. The van der Waals surface area contributed by atoms with Crippen LogP contribution in [0.1, 0.15) is 6.92 Å². The van der Waals surface area contributed by atoms with Crippen molar-refractivity contribution in [3.63, 3.8) is 0 Å². The van der Waals surface area contributed by atoms with Gasteiger partial charge in [0.05, 0.1) is 17.3 Å². The molecule has 0 bridgehead atoms. The molecule has 3 aromatic rings. The highest BCUT2D eigenvalue weighted by Gasteiger charge is 2.16. The number of para-hydroxylation sites is 2. The van der Waals surface area contributed by atoms with Crippen LogP contribution < -0.4 is 10.1 Å². The summed E-state index contributed by atoms with van der Waals surface area (Å²) in [5, 5.41) is 21.6. The Morgan fingerprint density at radius 1 is 1.21 bits per heavy atom. The molecule has 9 nitrogen and oxygen atoms in total. The van der Waals surface area contributed by atoms with Crippen LogP contribution in [0, 0.1) is 10.1 Å². The maximum atomic E-state index is 12.1. The van der Waals surface area contributed by atoms with Crippen molar-refractivity contribution in [2.24, 2.45) is 0 Å². The Hall–Kier alpha value is -3.40. The number of nitrogens with zero attached hydrogens (tertiary/aromatic N) is 3. The Balaban J connectivity index is 1.58. The number of hydrogen-bond donors (Lipinski definition) is 1. The van der Waals surface area contributed by atoms with Crippen LogP contribution in [0.25, 0.3) is 11.5 Å². The van der Waals surface area contributed by atoms with Gasteiger partial charge in [0.15, 0.2) is 0 Å². The van der Waals surface area contributed by atoms with Crippen molar-refractivity contribution < 1.29 is 18.9 Å². The number of aromatic nitrogens is 2. The number of carbonyl (C=O) groups is 1. The largest absolute Gasteiger partial charge is 0.494 e. The molecule has 0 aliphatic rings. The van der Waals surface area contributed by atoms with Gasteiger partial charge in [0.2, 0.25) is 11.8 Å². The number of nitro groups is 1. The van der Waals surface area contributed by atoms with Crippen LogP contribution in [0.4, 0.5) is 11.4 Å². The van der Waals surface area contributed by atoms with Crippen molar-refractivity contribution >= 4 is 29.0 Å². The van der Waals surface area contributed by atoms with E-state index in [0.717, 1.165) is 23.1 Å². The monoisotopic (exact) mass is 400 g/mol. The maximum Gasteiger partial charge on any atom is 0.292 e. The summed E-state index contributed by atoms with van der Waals surface area (Å²) in [5.74, 6) is 0.619. The van der Waals surface area contributed by atoms with E-state index in [-0.39, 0.29) is 22.4 Å². The molecule has 2 aromatic carbocycles. The summed E-state index contributed by atoms with van der Waals surface area (Å²) in [6, 6.07) is 13.1. The van der Waals surface area contributed by atoms with E-state index >= 15 is 0 Å². The van der Waals surface area contributed by atoms with Gasteiger partial charge >= 0.3 is 0 Å². The Morgan fingerprint density at radius 2 is 1.96 bits per heavy atom. The molecule has 3 rings (SSSR count). The molecule has 0 saturated heterocycles. The Morgan fingerprint density at radius 3 is 2.68 bits per heavy atom. The first-order valence-electron chi connectivity index (χ1n) is 8.29. The normalized spacial score (nSPS) is 10.5. The molecule has 0 radical (unpaired) electrons. The lowest BCUT2D eigenvalue weighted by atomic mass is 10.2. The second kappa shape index (κ2) is 9.00.